The van der Waals surface area contributed by atoms with E-state index in [9.17, 15) is 4.79 Å². The number of carbonyl (C=O) groups is 1. The lowest BCUT2D eigenvalue weighted by Gasteiger charge is -2.12. The van der Waals surface area contributed by atoms with Gasteiger partial charge in [-0.2, -0.15) is 5.10 Å². The number of benzene rings is 3. The molecule has 0 fully saturated rings. The Kier molecular flexibility index (Phi) is 6.40. The number of carbonyl (C=O) groups excluding carboxylic acids is 1. The minimum absolute atomic E-state index is 0.257. The topological polar surface area (TPSA) is 94.0 Å². The number of amides is 1. The molecule has 0 saturated carbocycles. The second kappa shape index (κ2) is 10.1. The lowest BCUT2D eigenvalue weighted by molar-refractivity contribution is 0.102. The van der Waals surface area contributed by atoms with Crippen LogP contribution in [0.3, 0.4) is 0 Å². The molecule has 0 aliphatic heterocycles. The van der Waals surface area contributed by atoms with Crippen LogP contribution in [0.25, 0.3) is 5.82 Å². The van der Waals surface area contributed by atoms with E-state index in [2.05, 4.69) is 25.9 Å². The standard InChI is InChI=1S/C28H24N6O2/c1-19-18-20(2)34(33-19)27-17-16-26(31-32-27)29-21-12-14-22(15-13-21)30-28(35)24-10-6-7-11-25(24)36-23-8-4-3-5-9-23/h3-18H,1-2H3,(H,29,31)(H,30,35). The van der Waals surface area contributed by atoms with E-state index >= 15 is 0 Å². The van der Waals surface area contributed by atoms with Crippen molar-refractivity contribution in [3.8, 4) is 17.3 Å². The van der Waals surface area contributed by atoms with Crippen LogP contribution in [-0.2, 0) is 0 Å². The summed E-state index contributed by atoms with van der Waals surface area (Å²) in [6.07, 6.45) is 0. The average Bonchev–Trinajstić information content (AvgIpc) is 3.24. The van der Waals surface area contributed by atoms with Gasteiger partial charge in [-0.25, -0.2) is 4.68 Å². The summed E-state index contributed by atoms with van der Waals surface area (Å²) in [5, 5.41) is 19.1. The summed E-state index contributed by atoms with van der Waals surface area (Å²) in [6.45, 7) is 3.92. The van der Waals surface area contributed by atoms with Crippen molar-refractivity contribution >= 4 is 23.1 Å². The van der Waals surface area contributed by atoms with E-state index in [1.165, 1.54) is 0 Å². The van der Waals surface area contributed by atoms with Crippen molar-refractivity contribution in [2.75, 3.05) is 10.6 Å². The van der Waals surface area contributed by atoms with E-state index in [4.69, 9.17) is 4.74 Å². The smallest absolute Gasteiger partial charge is 0.259 e. The number of ether oxygens (including phenoxy) is 1. The molecule has 5 aromatic rings. The number of aryl methyl sites for hydroxylation is 2. The Morgan fingerprint density at radius 2 is 1.53 bits per heavy atom. The number of hydrogen-bond acceptors (Lipinski definition) is 6. The summed E-state index contributed by atoms with van der Waals surface area (Å²) in [5.41, 5.74) is 3.84. The summed E-state index contributed by atoms with van der Waals surface area (Å²) < 4.78 is 7.67. The molecule has 1 amide bonds. The van der Waals surface area contributed by atoms with Crippen LogP contribution in [0, 0.1) is 13.8 Å². The molecule has 2 heterocycles. The molecule has 5 rings (SSSR count). The van der Waals surface area contributed by atoms with Gasteiger partial charge in [-0.3, -0.25) is 4.79 Å². The third kappa shape index (κ3) is 5.23. The molecular weight excluding hydrogens is 452 g/mol. The van der Waals surface area contributed by atoms with E-state index in [-0.39, 0.29) is 5.91 Å². The molecule has 36 heavy (non-hydrogen) atoms. The van der Waals surface area contributed by atoms with Gasteiger partial charge in [0.05, 0.1) is 11.3 Å². The molecular formula is C28H24N6O2. The fourth-order valence-corrected chi connectivity index (χ4v) is 3.71. The first kappa shape index (κ1) is 22.8. The minimum Gasteiger partial charge on any atom is -0.457 e. The van der Waals surface area contributed by atoms with Crippen LogP contribution < -0.4 is 15.4 Å². The van der Waals surface area contributed by atoms with Gasteiger partial charge in [0.2, 0.25) is 0 Å². The van der Waals surface area contributed by atoms with Crippen molar-refractivity contribution in [1.82, 2.24) is 20.0 Å². The first-order valence-electron chi connectivity index (χ1n) is 11.4. The highest BCUT2D eigenvalue weighted by Gasteiger charge is 2.13. The fraction of sp³-hybridized carbons (Fsp3) is 0.0714. The van der Waals surface area contributed by atoms with E-state index in [0.717, 1.165) is 17.1 Å². The molecule has 0 spiro atoms. The van der Waals surface area contributed by atoms with Gasteiger partial charge in [0.25, 0.3) is 5.91 Å². The molecule has 0 aliphatic carbocycles. The van der Waals surface area contributed by atoms with Gasteiger partial charge in [-0.15, -0.1) is 10.2 Å². The van der Waals surface area contributed by atoms with Crippen LogP contribution in [0.4, 0.5) is 17.2 Å². The lowest BCUT2D eigenvalue weighted by Crippen LogP contribution is -2.13. The average molecular weight is 477 g/mol. The van der Waals surface area contributed by atoms with Gasteiger partial charge in [0.1, 0.15) is 11.5 Å². The molecule has 8 nitrogen and oxygen atoms in total. The van der Waals surface area contributed by atoms with Crippen molar-refractivity contribution in [1.29, 1.82) is 0 Å². The second-order valence-corrected chi connectivity index (χ2v) is 8.18. The highest BCUT2D eigenvalue weighted by molar-refractivity contribution is 6.06. The van der Waals surface area contributed by atoms with Crippen molar-refractivity contribution in [3.63, 3.8) is 0 Å². The number of para-hydroxylation sites is 2. The summed E-state index contributed by atoms with van der Waals surface area (Å²) in [5.74, 6) is 2.15. The highest BCUT2D eigenvalue weighted by Crippen LogP contribution is 2.26. The van der Waals surface area contributed by atoms with E-state index in [1.807, 2.05) is 92.7 Å². The first-order chi connectivity index (χ1) is 17.5. The van der Waals surface area contributed by atoms with Crippen LogP contribution in [-0.4, -0.2) is 25.9 Å². The SMILES string of the molecule is Cc1cc(C)n(-c2ccc(Nc3ccc(NC(=O)c4ccccc4Oc4ccccc4)cc3)nn2)n1. The van der Waals surface area contributed by atoms with Crippen LogP contribution in [0.15, 0.2) is 97.1 Å². The largest absolute Gasteiger partial charge is 0.457 e. The fourth-order valence-electron chi connectivity index (χ4n) is 3.71. The van der Waals surface area contributed by atoms with E-state index in [1.54, 1.807) is 22.9 Å². The molecule has 0 radical (unpaired) electrons. The summed E-state index contributed by atoms with van der Waals surface area (Å²) in [4.78, 5) is 12.9. The maximum atomic E-state index is 12.9. The Bertz CT molecular complexity index is 1480. The second-order valence-electron chi connectivity index (χ2n) is 8.18. The maximum Gasteiger partial charge on any atom is 0.259 e. The third-order valence-corrected chi connectivity index (χ3v) is 5.39. The molecule has 0 unspecified atom stereocenters. The van der Waals surface area contributed by atoms with Gasteiger partial charge in [-0.1, -0.05) is 30.3 Å². The minimum atomic E-state index is -0.257. The molecule has 2 N–H and O–H groups in total. The number of rotatable bonds is 7. The predicted molar refractivity (Wildman–Crippen MR) is 139 cm³/mol. The Balaban J connectivity index is 1.24. The summed E-state index contributed by atoms with van der Waals surface area (Å²) in [6, 6.07) is 29.6. The Morgan fingerprint density at radius 1 is 0.806 bits per heavy atom. The van der Waals surface area contributed by atoms with Gasteiger partial charge in [0.15, 0.2) is 11.6 Å². The molecule has 0 bridgehead atoms. The van der Waals surface area contributed by atoms with Gasteiger partial charge in [0, 0.05) is 17.1 Å². The van der Waals surface area contributed by atoms with Gasteiger partial charge < -0.3 is 15.4 Å². The molecule has 0 atom stereocenters. The molecule has 8 heteroatoms. The van der Waals surface area contributed by atoms with E-state index < -0.39 is 0 Å². The highest BCUT2D eigenvalue weighted by atomic mass is 16.5. The zero-order chi connectivity index (χ0) is 24.9. The zero-order valence-electron chi connectivity index (χ0n) is 19.8. The summed E-state index contributed by atoms with van der Waals surface area (Å²) >= 11 is 0. The van der Waals surface area contributed by atoms with Gasteiger partial charge >= 0.3 is 0 Å². The number of nitrogens with one attached hydrogen (secondary N) is 2. The number of aromatic nitrogens is 4. The van der Waals surface area contributed by atoms with Crippen molar-refractivity contribution < 1.29 is 9.53 Å². The van der Waals surface area contributed by atoms with Crippen LogP contribution >= 0.6 is 0 Å². The molecule has 2 aromatic heterocycles. The van der Waals surface area contributed by atoms with Crippen LogP contribution in [0.5, 0.6) is 11.5 Å². The molecule has 3 aromatic carbocycles. The van der Waals surface area contributed by atoms with Gasteiger partial charge in [-0.05, 0) is 80.6 Å². The normalized spacial score (nSPS) is 10.6. The Morgan fingerprint density at radius 3 is 2.22 bits per heavy atom. The molecule has 178 valence electrons. The maximum absolute atomic E-state index is 12.9. The zero-order valence-corrected chi connectivity index (χ0v) is 19.8. The van der Waals surface area contributed by atoms with Crippen molar-refractivity contribution in [3.05, 3.63) is 114 Å². The Hall–Kier alpha value is -4.98. The quantitative estimate of drug-likeness (QED) is 0.296. The first-order valence-corrected chi connectivity index (χ1v) is 11.4. The molecule has 0 saturated heterocycles. The number of anilines is 3. The van der Waals surface area contributed by atoms with Crippen LogP contribution in [0.1, 0.15) is 21.7 Å². The molecule has 0 aliphatic rings. The Labute approximate surface area is 208 Å². The lowest BCUT2D eigenvalue weighted by atomic mass is 10.1. The van der Waals surface area contributed by atoms with Crippen molar-refractivity contribution in [2.45, 2.75) is 13.8 Å². The monoisotopic (exact) mass is 476 g/mol. The van der Waals surface area contributed by atoms with E-state index in [0.29, 0.717) is 34.4 Å². The third-order valence-electron chi connectivity index (χ3n) is 5.39. The number of hydrogen-bond donors (Lipinski definition) is 2. The predicted octanol–water partition coefficient (Wildman–Crippen LogP) is 6.07. The summed E-state index contributed by atoms with van der Waals surface area (Å²) in [7, 11) is 0. The number of nitrogens with zero attached hydrogens (tertiary/aromatic N) is 4. The van der Waals surface area contributed by atoms with Crippen LogP contribution in [0.2, 0.25) is 0 Å². The van der Waals surface area contributed by atoms with Crippen molar-refractivity contribution in [2.24, 2.45) is 0 Å².